The first-order valence-electron chi connectivity index (χ1n) is 9.32. The molecular formula is C21H19ClN4O6S. The van der Waals surface area contributed by atoms with E-state index >= 15 is 0 Å². The zero-order chi connectivity index (χ0) is 24.0. The Labute approximate surface area is 195 Å². The molecule has 3 aromatic rings. The lowest BCUT2D eigenvalue weighted by Crippen LogP contribution is -2.13. The molecule has 0 unspecified atom stereocenters. The summed E-state index contributed by atoms with van der Waals surface area (Å²) in [7, 11) is -1.10. The molecule has 0 aromatic heterocycles. The van der Waals surface area contributed by atoms with Gasteiger partial charge in [-0.15, -0.1) is 0 Å². The van der Waals surface area contributed by atoms with Gasteiger partial charge in [0.05, 0.1) is 30.3 Å². The first-order valence-corrected chi connectivity index (χ1v) is 11.2. The second kappa shape index (κ2) is 10.2. The van der Waals surface area contributed by atoms with Crippen LogP contribution in [0.1, 0.15) is 5.56 Å². The van der Waals surface area contributed by atoms with Crippen molar-refractivity contribution in [3.63, 3.8) is 0 Å². The highest BCUT2D eigenvalue weighted by atomic mass is 35.5. The van der Waals surface area contributed by atoms with Gasteiger partial charge in [-0.1, -0.05) is 17.7 Å². The predicted molar refractivity (Wildman–Crippen MR) is 126 cm³/mol. The summed E-state index contributed by atoms with van der Waals surface area (Å²) in [6, 6.07) is 14.6. The Morgan fingerprint density at radius 1 is 1.06 bits per heavy atom. The molecule has 0 amide bonds. The summed E-state index contributed by atoms with van der Waals surface area (Å²) in [5, 5.41) is 16.0. The van der Waals surface area contributed by atoms with E-state index in [0.29, 0.717) is 22.1 Å². The fraction of sp³-hybridized carbons (Fsp3) is 0.0952. The van der Waals surface area contributed by atoms with Crippen LogP contribution < -0.4 is 19.6 Å². The molecule has 0 saturated carbocycles. The Hall–Kier alpha value is -3.83. The fourth-order valence-corrected chi connectivity index (χ4v) is 4.05. The molecule has 12 heteroatoms. The van der Waals surface area contributed by atoms with Gasteiger partial charge < -0.3 is 9.47 Å². The molecule has 0 radical (unpaired) electrons. The van der Waals surface area contributed by atoms with Gasteiger partial charge in [0, 0.05) is 22.3 Å². The van der Waals surface area contributed by atoms with Gasteiger partial charge in [0.25, 0.3) is 15.7 Å². The quantitative estimate of drug-likeness (QED) is 0.256. The molecule has 0 saturated heterocycles. The summed E-state index contributed by atoms with van der Waals surface area (Å²) in [5.74, 6) is 0.935. The van der Waals surface area contributed by atoms with Crippen molar-refractivity contribution in [2.75, 3.05) is 24.4 Å². The number of sulfonamides is 1. The maximum atomic E-state index is 12.7. The number of ether oxygens (including phenoxy) is 2. The maximum absolute atomic E-state index is 12.7. The average Bonchev–Trinajstić information content (AvgIpc) is 2.80. The van der Waals surface area contributed by atoms with Gasteiger partial charge in [0.1, 0.15) is 5.69 Å². The minimum Gasteiger partial charge on any atom is -0.493 e. The van der Waals surface area contributed by atoms with E-state index < -0.39 is 20.6 Å². The van der Waals surface area contributed by atoms with Crippen LogP contribution in [-0.4, -0.2) is 33.8 Å². The minimum absolute atomic E-state index is 0.00329. The Morgan fingerprint density at radius 3 is 2.42 bits per heavy atom. The number of nitro groups is 1. The monoisotopic (exact) mass is 490 g/mol. The zero-order valence-corrected chi connectivity index (χ0v) is 19.1. The van der Waals surface area contributed by atoms with Crippen molar-refractivity contribution in [3.8, 4) is 11.5 Å². The van der Waals surface area contributed by atoms with Crippen molar-refractivity contribution in [2.45, 2.75) is 4.90 Å². The van der Waals surface area contributed by atoms with Crippen LogP contribution in [0.2, 0.25) is 5.02 Å². The van der Waals surface area contributed by atoms with E-state index in [1.807, 2.05) is 0 Å². The fourth-order valence-electron chi connectivity index (χ4n) is 2.84. The van der Waals surface area contributed by atoms with Crippen LogP contribution in [0.3, 0.4) is 0 Å². The molecule has 10 nitrogen and oxygen atoms in total. The van der Waals surface area contributed by atoms with Gasteiger partial charge in [0.15, 0.2) is 11.5 Å². The first-order chi connectivity index (χ1) is 15.7. The lowest BCUT2D eigenvalue weighted by atomic mass is 10.2. The van der Waals surface area contributed by atoms with E-state index in [1.165, 1.54) is 56.8 Å². The third-order valence-corrected chi connectivity index (χ3v) is 6.03. The van der Waals surface area contributed by atoms with E-state index in [0.717, 1.165) is 6.07 Å². The van der Waals surface area contributed by atoms with E-state index in [4.69, 9.17) is 21.1 Å². The number of rotatable bonds is 9. The Morgan fingerprint density at radius 2 is 1.79 bits per heavy atom. The molecule has 0 aliphatic rings. The van der Waals surface area contributed by atoms with Crippen LogP contribution in [0.5, 0.6) is 11.5 Å². The number of nitrogens with zero attached hydrogens (tertiary/aromatic N) is 2. The topological polar surface area (TPSA) is 132 Å². The number of hydrogen-bond donors (Lipinski definition) is 2. The number of hydrazone groups is 1. The molecule has 0 aliphatic heterocycles. The number of nitro benzene ring substituents is 1. The molecule has 0 aliphatic carbocycles. The van der Waals surface area contributed by atoms with Gasteiger partial charge in [-0.3, -0.25) is 20.3 Å². The van der Waals surface area contributed by atoms with Crippen LogP contribution in [0.25, 0.3) is 0 Å². The SMILES string of the molecule is COc1cccc(/C=N/Nc2ccc(S(=O)(=O)Nc3ccc(Cl)cc3)cc2[N+](=O)[O-])c1OC. The predicted octanol–water partition coefficient (Wildman–Crippen LogP) is 4.51. The Kier molecular flexibility index (Phi) is 7.36. The zero-order valence-electron chi connectivity index (χ0n) is 17.5. The maximum Gasteiger partial charge on any atom is 0.295 e. The molecule has 2 N–H and O–H groups in total. The van der Waals surface area contributed by atoms with Gasteiger partial charge in [-0.2, -0.15) is 5.10 Å². The summed E-state index contributed by atoms with van der Waals surface area (Å²) in [6.45, 7) is 0. The van der Waals surface area contributed by atoms with Crippen molar-refractivity contribution in [3.05, 3.63) is 81.4 Å². The third kappa shape index (κ3) is 5.70. The van der Waals surface area contributed by atoms with Crippen LogP contribution in [0, 0.1) is 10.1 Å². The summed E-state index contributed by atoms with van der Waals surface area (Å²) in [6.07, 6.45) is 1.40. The van der Waals surface area contributed by atoms with Crippen molar-refractivity contribution >= 4 is 44.9 Å². The largest absolute Gasteiger partial charge is 0.493 e. The summed E-state index contributed by atoms with van der Waals surface area (Å²) in [4.78, 5) is 10.6. The summed E-state index contributed by atoms with van der Waals surface area (Å²) in [5.41, 5.74) is 2.94. The van der Waals surface area contributed by atoms with Crippen molar-refractivity contribution in [2.24, 2.45) is 5.10 Å². The molecule has 0 spiro atoms. The van der Waals surface area contributed by atoms with Crippen LogP contribution in [0.4, 0.5) is 17.1 Å². The lowest BCUT2D eigenvalue weighted by Gasteiger charge is -2.10. The van der Waals surface area contributed by atoms with Gasteiger partial charge in [0.2, 0.25) is 0 Å². The van der Waals surface area contributed by atoms with Gasteiger partial charge in [-0.25, -0.2) is 8.42 Å². The number of benzene rings is 3. The lowest BCUT2D eigenvalue weighted by molar-refractivity contribution is -0.384. The molecule has 3 aromatic carbocycles. The summed E-state index contributed by atoms with van der Waals surface area (Å²) >= 11 is 5.80. The van der Waals surface area contributed by atoms with E-state index in [-0.39, 0.29) is 16.3 Å². The van der Waals surface area contributed by atoms with Crippen molar-refractivity contribution in [1.29, 1.82) is 0 Å². The van der Waals surface area contributed by atoms with E-state index in [9.17, 15) is 18.5 Å². The molecule has 0 fully saturated rings. The molecular weight excluding hydrogens is 472 g/mol. The number of halogens is 1. The highest BCUT2D eigenvalue weighted by Crippen LogP contribution is 2.31. The van der Waals surface area contributed by atoms with Crippen LogP contribution >= 0.6 is 11.6 Å². The number of hydrogen-bond acceptors (Lipinski definition) is 8. The van der Waals surface area contributed by atoms with Gasteiger partial charge in [-0.05, 0) is 48.5 Å². The number of anilines is 2. The molecule has 0 atom stereocenters. The molecule has 3 rings (SSSR count). The molecule has 0 heterocycles. The normalized spacial score (nSPS) is 11.2. The number of methoxy groups -OCH3 is 2. The molecule has 172 valence electrons. The Balaban J connectivity index is 1.85. The highest BCUT2D eigenvalue weighted by Gasteiger charge is 2.21. The average molecular weight is 491 g/mol. The second-order valence-electron chi connectivity index (χ2n) is 6.50. The first kappa shape index (κ1) is 23.8. The van der Waals surface area contributed by atoms with Crippen LogP contribution in [-0.2, 0) is 10.0 Å². The second-order valence-corrected chi connectivity index (χ2v) is 8.62. The smallest absolute Gasteiger partial charge is 0.295 e. The minimum atomic E-state index is -4.07. The van der Waals surface area contributed by atoms with Crippen molar-refractivity contribution in [1.82, 2.24) is 0 Å². The van der Waals surface area contributed by atoms with E-state index in [2.05, 4.69) is 15.2 Å². The summed E-state index contributed by atoms with van der Waals surface area (Å²) < 4.78 is 38.2. The molecule has 33 heavy (non-hydrogen) atoms. The van der Waals surface area contributed by atoms with Gasteiger partial charge >= 0.3 is 0 Å². The Bertz CT molecular complexity index is 1300. The van der Waals surface area contributed by atoms with Crippen LogP contribution in [0.15, 0.2) is 70.7 Å². The highest BCUT2D eigenvalue weighted by molar-refractivity contribution is 7.92. The number of para-hydroxylation sites is 1. The van der Waals surface area contributed by atoms with E-state index in [1.54, 1.807) is 18.2 Å². The molecule has 0 bridgehead atoms. The van der Waals surface area contributed by atoms with Crippen molar-refractivity contribution < 1.29 is 22.8 Å². The third-order valence-electron chi connectivity index (χ3n) is 4.39. The number of nitrogens with one attached hydrogen (secondary N) is 2. The standard InChI is InChI=1S/C21H19ClN4O6S/c1-31-20-5-3-4-14(21(20)32-2)13-23-24-18-11-10-17(12-19(18)26(27)28)33(29,30)25-16-8-6-15(22)7-9-16/h3-13,24-25H,1-2H3/b23-13+.